The van der Waals surface area contributed by atoms with E-state index in [2.05, 4.69) is 20.5 Å². The fraction of sp³-hybridized carbons (Fsp3) is 0.318. The SMILES string of the molecule is Cc1nc(-c2ccc(NC(=O)c3sc4nc5n(c(=O)c4c3C)CCCCC5)cc2)n[nH]1. The molecule has 2 N–H and O–H groups in total. The van der Waals surface area contributed by atoms with Crippen LogP contribution >= 0.6 is 11.3 Å². The van der Waals surface area contributed by atoms with Crippen molar-refractivity contribution >= 4 is 33.1 Å². The Morgan fingerprint density at radius 3 is 2.68 bits per heavy atom. The van der Waals surface area contributed by atoms with Gasteiger partial charge >= 0.3 is 0 Å². The van der Waals surface area contributed by atoms with Crippen molar-refractivity contribution in [2.24, 2.45) is 0 Å². The fourth-order valence-electron chi connectivity index (χ4n) is 3.99. The summed E-state index contributed by atoms with van der Waals surface area (Å²) < 4.78 is 1.79. The van der Waals surface area contributed by atoms with E-state index in [0.29, 0.717) is 38.7 Å². The van der Waals surface area contributed by atoms with Gasteiger partial charge in [-0.05, 0) is 56.5 Å². The molecule has 1 aromatic carbocycles. The predicted octanol–water partition coefficient (Wildman–Crippen LogP) is 3.84. The molecule has 0 spiro atoms. The Kier molecular flexibility index (Phi) is 4.90. The molecule has 0 saturated heterocycles. The third-order valence-electron chi connectivity index (χ3n) is 5.62. The van der Waals surface area contributed by atoms with Crippen molar-refractivity contribution < 1.29 is 4.79 Å². The molecule has 0 atom stereocenters. The zero-order valence-corrected chi connectivity index (χ0v) is 18.2. The normalized spacial score (nSPS) is 13.7. The van der Waals surface area contributed by atoms with Crippen molar-refractivity contribution in [1.29, 1.82) is 0 Å². The Bertz CT molecular complexity index is 1350. The molecular formula is C22H22N6O2S. The minimum atomic E-state index is -0.235. The third-order valence-corrected chi connectivity index (χ3v) is 6.80. The topological polar surface area (TPSA) is 106 Å². The summed E-state index contributed by atoms with van der Waals surface area (Å²) in [4.78, 5) is 36.3. The summed E-state index contributed by atoms with van der Waals surface area (Å²) in [7, 11) is 0. The summed E-state index contributed by atoms with van der Waals surface area (Å²) in [6.07, 6.45) is 3.94. The average molecular weight is 435 g/mol. The molecule has 158 valence electrons. The van der Waals surface area contributed by atoms with Gasteiger partial charge < -0.3 is 5.32 Å². The number of nitrogens with one attached hydrogen (secondary N) is 2. The van der Waals surface area contributed by atoms with E-state index in [1.54, 1.807) is 4.57 Å². The Balaban J connectivity index is 1.44. The molecule has 0 radical (unpaired) electrons. The molecule has 0 bridgehead atoms. The van der Waals surface area contributed by atoms with Crippen molar-refractivity contribution in [2.45, 2.75) is 46.1 Å². The Morgan fingerprint density at radius 1 is 1.13 bits per heavy atom. The van der Waals surface area contributed by atoms with Gasteiger partial charge in [-0.1, -0.05) is 6.42 Å². The number of aryl methyl sites for hydroxylation is 3. The molecule has 9 heteroatoms. The monoisotopic (exact) mass is 434 g/mol. The van der Waals surface area contributed by atoms with E-state index in [4.69, 9.17) is 4.98 Å². The lowest BCUT2D eigenvalue weighted by atomic mass is 10.1. The van der Waals surface area contributed by atoms with Gasteiger partial charge in [0.05, 0.1) is 10.3 Å². The minimum Gasteiger partial charge on any atom is -0.321 e. The molecule has 0 aliphatic carbocycles. The van der Waals surface area contributed by atoms with E-state index in [1.807, 2.05) is 38.1 Å². The van der Waals surface area contributed by atoms with Crippen LogP contribution in [-0.4, -0.2) is 30.6 Å². The van der Waals surface area contributed by atoms with Crippen LogP contribution in [0, 0.1) is 13.8 Å². The number of anilines is 1. The second-order valence-electron chi connectivity index (χ2n) is 7.81. The lowest BCUT2D eigenvalue weighted by molar-refractivity contribution is 0.103. The van der Waals surface area contributed by atoms with Crippen LogP contribution in [0.2, 0.25) is 0 Å². The van der Waals surface area contributed by atoms with Gasteiger partial charge in [-0.15, -0.1) is 11.3 Å². The molecule has 0 saturated carbocycles. The molecule has 1 aliphatic heterocycles. The number of thiophene rings is 1. The van der Waals surface area contributed by atoms with Crippen LogP contribution in [-0.2, 0) is 13.0 Å². The van der Waals surface area contributed by atoms with Crippen molar-refractivity contribution in [2.75, 3.05) is 5.32 Å². The highest BCUT2D eigenvalue weighted by Crippen LogP contribution is 2.29. The van der Waals surface area contributed by atoms with E-state index in [-0.39, 0.29) is 11.5 Å². The maximum absolute atomic E-state index is 13.1. The van der Waals surface area contributed by atoms with Gasteiger partial charge in [0.2, 0.25) is 0 Å². The van der Waals surface area contributed by atoms with Crippen LogP contribution in [0.4, 0.5) is 5.69 Å². The predicted molar refractivity (Wildman–Crippen MR) is 121 cm³/mol. The number of hydrogen-bond acceptors (Lipinski definition) is 6. The summed E-state index contributed by atoms with van der Waals surface area (Å²) in [5.74, 6) is 1.96. The van der Waals surface area contributed by atoms with Crippen molar-refractivity contribution in [3.63, 3.8) is 0 Å². The lowest BCUT2D eigenvalue weighted by Crippen LogP contribution is -2.24. The second-order valence-corrected chi connectivity index (χ2v) is 8.81. The first-order chi connectivity index (χ1) is 15.0. The molecule has 8 nitrogen and oxygen atoms in total. The summed E-state index contributed by atoms with van der Waals surface area (Å²) in [6, 6.07) is 7.36. The van der Waals surface area contributed by atoms with E-state index < -0.39 is 0 Å². The number of rotatable bonds is 3. The number of fused-ring (bicyclic) bond motifs is 2. The van der Waals surface area contributed by atoms with Crippen LogP contribution in [0.5, 0.6) is 0 Å². The largest absolute Gasteiger partial charge is 0.321 e. The highest BCUT2D eigenvalue weighted by Gasteiger charge is 2.22. The number of carbonyl (C=O) groups is 1. The molecule has 1 aliphatic rings. The van der Waals surface area contributed by atoms with Gasteiger partial charge in [0.1, 0.15) is 16.5 Å². The summed E-state index contributed by atoms with van der Waals surface area (Å²) >= 11 is 1.29. The number of benzene rings is 1. The smallest absolute Gasteiger partial charge is 0.266 e. The number of carbonyl (C=O) groups excluding carboxylic acids is 1. The highest BCUT2D eigenvalue weighted by molar-refractivity contribution is 7.20. The zero-order valence-electron chi connectivity index (χ0n) is 17.4. The van der Waals surface area contributed by atoms with Gasteiger partial charge in [0.15, 0.2) is 5.82 Å². The highest BCUT2D eigenvalue weighted by atomic mass is 32.1. The quantitative estimate of drug-likeness (QED) is 0.510. The van der Waals surface area contributed by atoms with Crippen LogP contribution in [0.3, 0.4) is 0 Å². The molecule has 0 unspecified atom stereocenters. The standard InChI is InChI=1S/C22H22N6O2S/c1-12-17-21(25-16-6-4-3-5-11-28(16)22(17)30)31-18(12)20(29)24-15-9-7-14(8-10-15)19-23-13(2)26-27-19/h7-10H,3-6,11H2,1-2H3,(H,24,29)(H,23,26,27). The van der Waals surface area contributed by atoms with E-state index in [9.17, 15) is 9.59 Å². The Hall–Kier alpha value is -3.33. The molecule has 3 aromatic heterocycles. The van der Waals surface area contributed by atoms with Crippen LogP contribution < -0.4 is 10.9 Å². The van der Waals surface area contributed by atoms with E-state index in [1.165, 1.54) is 11.3 Å². The average Bonchev–Trinajstić information content (AvgIpc) is 3.24. The molecule has 4 heterocycles. The lowest BCUT2D eigenvalue weighted by Gasteiger charge is -2.08. The Morgan fingerprint density at radius 2 is 1.94 bits per heavy atom. The van der Waals surface area contributed by atoms with Gasteiger partial charge in [-0.2, -0.15) is 5.10 Å². The van der Waals surface area contributed by atoms with Gasteiger partial charge in [-0.3, -0.25) is 19.3 Å². The first kappa shape index (κ1) is 19.6. The molecule has 1 amide bonds. The number of aromatic nitrogens is 5. The molecular weight excluding hydrogens is 412 g/mol. The summed E-state index contributed by atoms with van der Waals surface area (Å²) in [5, 5.41) is 10.5. The fourth-order valence-corrected chi connectivity index (χ4v) is 5.07. The van der Waals surface area contributed by atoms with Crippen LogP contribution in [0.1, 0.15) is 46.1 Å². The molecule has 31 heavy (non-hydrogen) atoms. The van der Waals surface area contributed by atoms with Crippen molar-refractivity contribution in [3.8, 4) is 11.4 Å². The molecule has 5 rings (SSSR count). The van der Waals surface area contributed by atoms with Crippen LogP contribution in [0.25, 0.3) is 21.6 Å². The van der Waals surface area contributed by atoms with Gasteiger partial charge in [-0.25, -0.2) is 9.97 Å². The number of nitrogens with zero attached hydrogens (tertiary/aromatic N) is 4. The summed E-state index contributed by atoms with van der Waals surface area (Å²) in [5.41, 5.74) is 2.20. The first-order valence-electron chi connectivity index (χ1n) is 10.3. The number of H-pyrrole nitrogens is 1. The molecule has 0 fully saturated rings. The molecule has 4 aromatic rings. The van der Waals surface area contributed by atoms with E-state index >= 15 is 0 Å². The van der Waals surface area contributed by atoms with Gasteiger partial charge in [0.25, 0.3) is 11.5 Å². The Labute approximate surface area is 182 Å². The maximum Gasteiger partial charge on any atom is 0.266 e. The van der Waals surface area contributed by atoms with Gasteiger partial charge in [0, 0.05) is 24.2 Å². The maximum atomic E-state index is 13.1. The number of hydrogen-bond donors (Lipinski definition) is 2. The number of amides is 1. The third kappa shape index (κ3) is 3.54. The van der Waals surface area contributed by atoms with E-state index in [0.717, 1.165) is 42.9 Å². The van der Waals surface area contributed by atoms with Crippen molar-refractivity contribution in [3.05, 3.63) is 56.7 Å². The van der Waals surface area contributed by atoms with Crippen molar-refractivity contribution in [1.82, 2.24) is 24.7 Å². The number of aromatic amines is 1. The van der Waals surface area contributed by atoms with Crippen LogP contribution in [0.15, 0.2) is 29.1 Å². The summed E-state index contributed by atoms with van der Waals surface area (Å²) in [6.45, 7) is 4.37. The minimum absolute atomic E-state index is 0.0270. The zero-order chi connectivity index (χ0) is 21.5. The second kappa shape index (κ2) is 7.73. The first-order valence-corrected chi connectivity index (χ1v) is 11.2.